The third kappa shape index (κ3) is 2.28. The fourth-order valence-corrected chi connectivity index (χ4v) is 3.43. The summed E-state index contributed by atoms with van der Waals surface area (Å²) in [6.45, 7) is 4.47. The average molecular weight is 310 g/mol. The Hall–Kier alpha value is -0.610. The van der Waals surface area contributed by atoms with Crippen molar-refractivity contribution in [3.05, 3.63) is 22.3 Å². The highest BCUT2D eigenvalue weighted by atomic mass is 79.9. The van der Waals surface area contributed by atoms with E-state index in [2.05, 4.69) is 44.1 Å². The number of nitrogens with one attached hydrogen (secondary N) is 1. The summed E-state index contributed by atoms with van der Waals surface area (Å²) in [5.74, 6) is 1.15. The predicted molar refractivity (Wildman–Crippen MR) is 78.1 cm³/mol. The van der Waals surface area contributed by atoms with E-state index in [1.807, 2.05) is 6.20 Å². The summed E-state index contributed by atoms with van der Waals surface area (Å²) in [7, 11) is 0. The number of nitrogens with zero attached hydrogens (tertiary/aromatic N) is 2. The monoisotopic (exact) mass is 309 g/mol. The van der Waals surface area contributed by atoms with Crippen LogP contribution in [0.15, 0.2) is 16.7 Å². The van der Waals surface area contributed by atoms with Gasteiger partial charge in [0.1, 0.15) is 5.82 Å². The van der Waals surface area contributed by atoms with Crippen molar-refractivity contribution in [3.63, 3.8) is 0 Å². The minimum atomic E-state index is 0.639. The van der Waals surface area contributed by atoms with Crippen LogP contribution >= 0.6 is 15.9 Å². The standard InChI is InChI=1S/C14H20BrN3/c1-10-8-14(17-9-11(10)15)18-7-3-5-13(18)12-4-2-6-16-12/h8-9,12-13,16H,2-7H2,1H3. The molecule has 0 radical (unpaired) electrons. The van der Waals surface area contributed by atoms with Crippen LogP contribution in [-0.4, -0.2) is 30.2 Å². The van der Waals surface area contributed by atoms with Crippen molar-refractivity contribution in [3.8, 4) is 0 Å². The molecular weight excluding hydrogens is 290 g/mol. The van der Waals surface area contributed by atoms with Gasteiger partial charge >= 0.3 is 0 Å². The van der Waals surface area contributed by atoms with Gasteiger partial charge in [0.15, 0.2) is 0 Å². The Labute approximate surface area is 117 Å². The summed E-state index contributed by atoms with van der Waals surface area (Å²) in [5.41, 5.74) is 1.27. The van der Waals surface area contributed by atoms with Gasteiger partial charge in [-0.2, -0.15) is 0 Å². The topological polar surface area (TPSA) is 28.2 Å². The molecule has 0 saturated carbocycles. The number of aryl methyl sites for hydroxylation is 1. The largest absolute Gasteiger partial charge is 0.352 e. The molecule has 1 aromatic rings. The van der Waals surface area contributed by atoms with Crippen molar-refractivity contribution in [2.45, 2.75) is 44.7 Å². The minimum absolute atomic E-state index is 0.639. The van der Waals surface area contributed by atoms with Crippen LogP contribution in [0, 0.1) is 6.92 Å². The number of halogens is 1. The lowest BCUT2D eigenvalue weighted by atomic mass is 10.0. The maximum atomic E-state index is 4.59. The first-order valence-electron chi connectivity index (χ1n) is 6.88. The highest BCUT2D eigenvalue weighted by Crippen LogP contribution is 2.30. The van der Waals surface area contributed by atoms with Gasteiger partial charge < -0.3 is 10.2 Å². The predicted octanol–water partition coefficient (Wildman–Crippen LogP) is 2.87. The third-order valence-corrected chi connectivity index (χ3v) is 5.02. The summed E-state index contributed by atoms with van der Waals surface area (Å²) in [6.07, 6.45) is 7.16. The van der Waals surface area contributed by atoms with Gasteiger partial charge in [-0.05, 0) is 66.7 Å². The van der Waals surface area contributed by atoms with Gasteiger partial charge in [-0.15, -0.1) is 0 Å². The van der Waals surface area contributed by atoms with E-state index in [1.54, 1.807) is 0 Å². The van der Waals surface area contributed by atoms with Crippen LogP contribution in [0.25, 0.3) is 0 Å². The van der Waals surface area contributed by atoms with E-state index in [9.17, 15) is 0 Å². The Morgan fingerprint density at radius 1 is 1.39 bits per heavy atom. The molecule has 4 heteroatoms. The molecule has 3 rings (SSSR count). The molecule has 2 aliphatic rings. The Morgan fingerprint density at radius 2 is 2.28 bits per heavy atom. The number of aromatic nitrogens is 1. The Balaban J connectivity index is 1.82. The zero-order valence-corrected chi connectivity index (χ0v) is 12.4. The molecule has 0 aromatic carbocycles. The van der Waals surface area contributed by atoms with E-state index in [1.165, 1.54) is 37.8 Å². The second-order valence-electron chi connectivity index (χ2n) is 5.40. The maximum absolute atomic E-state index is 4.59. The van der Waals surface area contributed by atoms with Gasteiger partial charge in [0.05, 0.1) is 0 Å². The van der Waals surface area contributed by atoms with Gasteiger partial charge in [0.25, 0.3) is 0 Å². The first kappa shape index (κ1) is 12.4. The number of hydrogen-bond donors (Lipinski definition) is 1. The highest BCUT2D eigenvalue weighted by Gasteiger charge is 2.33. The molecular formula is C14H20BrN3. The molecule has 0 spiro atoms. The van der Waals surface area contributed by atoms with Gasteiger partial charge in [0, 0.05) is 29.3 Å². The summed E-state index contributed by atoms with van der Waals surface area (Å²) in [5, 5.41) is 3.65. The van der Waals surface area contributed by atoms with Gasteiger partial charge in [0.2, 0.25) is 0 Å². The van der Waals surface area contributed by atoms with Crippen LogP contribution in [0.1, 0.15) is 31.2 Å². The van der Waals surface area contributed by atoms with Crippen LogP contribution in [0.5, 0.6) is 0 Å². The molecule has 2 fully saturated rings. The fourth-order valence-electron chi connectivity index (χ4n) is 3.22. The van der Waals surface area contributed by atoms with E-state index in [0.717, 1.165) is 16.8 Å². The van der Waals surface area contributed by atoms with Gasteiger partial charge in [-0.25, -0.2) is 4.98 Å². The van der Waals surface area contributed by atoms with Gasteiger partial charge in [-0.1, -0.05) is 0 Å². The van der Waals surface area contributed by atoms with E-state index < -0.39 is 0 Å². The Bertz CT molecular complexity index is 429. The molecule has 0 bridgehead atoms. The molecule has 2 aliphatic heterocycles. The lowest BCUT2D eigenvalue weighted by Gasteiger charge is -2.30. The molecule has 2 unspecified atom stereocenters. The normalized spacial score (nSPS) is 28.0. The second-order valence-corrected chi connectivity index (χ2v) is 6.25. The number of hydrogen-bond acceptors (Lipinski definition) is 3. The molecule has 18 heavy (non-hydrogen) atoms. The second kappa shape index (κ2) is 5.17. The van der Waals surface area contributed by atoms with Crippen LogP contribution in [0.2, 0.25) is 0 Å². The van der Waals surface area contributed by atoms with Crippen LogP contribution in [-0.2, 0) is 0 Å². The smallest absolute Gasteiger partial charge is 0.129 e. The fraction of sp³-hybridized carbons (Fsp3) is 0.643. The maximum Gasteiger partial charge on any atom is 0.129 e. The number of anilines is 1. The molecule has 2 atom stereocenters. The van der Waals surface area contributed by atoms with Crippen molar-refractivity contribution in [2.24, 2.45) is 0 Å². The zero-order valence-electron chi connectivity index (χ0n) is 10.8. The quantitative estimate of drug-likeness (QED) is 0.910. The third-order valence-electron chi connectivity index (χ3n) is 4.19. The molecule has 2 saturated heterocycles. The van der Waals surface area contributed by atoms with E-state index in [-0.39, 0.29) is 0 Å². The lowest BCUT2D eigenvalue weighted by molar-refractivity contribution is 0.481. The lowest BCUT2D eigenvalue weighted by Crippen LogP contribution is -2.44. The van der Waals surface area contributed by atoms with E-state index in [4.69, 9.17) is 0 Å². The summed E-state index contributed by atoms with van der Waals surface area (Å²) >= 11 is 3.53. The minimum Gasteiger partial charge on any atom is -0.352 e. The Morgan fingerprint density at radius 3 is 3.00 bits per heavy atom. The first-order chi connectivity index (χ1) is 8.75. The van der Waals surface area contributed by atoms with Gasteiger partial charge in [-0.3, -0.25) is 0 Å². The summed E-state index contributed by atoms with van der Waals surface area (Å²) in [4.78, 5) is 7.10. The van der Waals surface area contributed by atoms with Crippen molar-refractivity contribution in [2.75, 3.05) is 18.0 Å². The van der Waals surface area contributed by atoms with Crippen LogP contribution < -0.4 is 10.2 Å². The Kier molecular flexibility index (Phi) is 3.57. The summed E-state index contributed by atoms with van der Waals surface area (Å²) in [6, 6.07) is 3.51. The molecule has 1 N–H and O–H groups in total. The van der Waals surface area contributed by atoms with Crippen molar-refractivity contribution < 1.29 is 0 Å². The van der Waals surface area contributed by atoms with Crippen molar-refractivity contribution >= 4 is 21.7 Å². The van der Waals surface area contributed by atoms with Crippen molar-refractivity contribution in [1.29, 1.82) is 0 Å². The SMILES string of the molecule is Cc1cc(N2CCCC2C2CCCN2)ncc1Br. The summed E-state index contributed by atoms with van der Waals surface area (Å²) < 4.78 is 1.10. The van der Waals surface area contributed by atoms with Crippen LogP contribution in [0.4, 0.5) is 5.82 Å². The molecule has 0 aliphatic carbocycles. The van der Waals surface area contributed by atoms with Crippen molar-refractivity contribution in [1.82, 2.24) is 10.3 Å². The highest BCUT2D eigenvalue weighted by molar-refractivity contribution is 9.10. The zero-order chi connectivity index (χ0) is 12.5. The first-order valence-corrected chi connectivity index (χ1v) is 7.67. The molecule has 1 aromatic heterocycles. The average Bonchev–Trinajstić information content (AvgIpc) is 3.00. The molecule has 0 amide bonds. The van der Waals surface area contributed by atoms with E-state index >= 15 is 0 Å². The molecule has 3 nitrogen and oxygen atoms in total. The molecule has 98 valence electrons. The number of rotatable bonds is 2. The number of pyridine rings is 1. The van der Waals surface area contributed by atoms with E-state index in [0.29, 0.717) is 12.1 Å². The van der Waals surface area contributed by atoms with Crippen LogP contribution in [0.3, 0.4) is 0 Å². The molecule has 3 heterocycles.